The highest BCUT2D eigenvalue weighted by Crippen LogP contribution is 2.64. The minimum absolute atomic E-state index is 0.0797. The number of benzene rings is 6. The average molecular weight is 872 g/mol. The Bertz CT molecular complexity index is 3000. The minimum atomic E-state index is -0.195. The van der Waals surface area contributed by atoms with Crippen molar-refractivity contribution in [3.63, 3.8) is 0 Å². The second-order valence-electron chi connectivity index (χ2n) is 23.8. The van der Waals surface area contributed by atoms with E-state index in [1.54, 1.807) is 16.7 Å². The monoisotopic (exact) mass is 872 g/mol. The van der Waals surface area contributed by atoms with Gasteiger partial charge in [0.05, 0.1) is 11.4 Å². The summed E-state index contributed by atoms with van der Waals surface area (Å²) in [6.07, 6.45) is 9.71. The van der Waals surface area contributed by atoms with Crippen LogP contribution in [0.4, 0.5) is 11.4 Å². The van der Waals surface area contributed by atoms with Crippen LogP contribution in [0.25, 0.3) is 39.1 Å². The molecule has 1 heterocycles. The van der Waals surface area contributed by atoms with Gasteiger partial charge in [0.15, 0.2) is 0 Å². The summed E-state index contributed by atoms with van der Waals surface area (Å²) in [4.78, 5) is 5.57. The zero-order valence-corrected chi connectivity index (χ0v) is 42.1. The molecule has 6 aromatic rings. The van der Waals surface area contributed by atoms with Gasteiger partial charge < -0.3 is 4.90 Å². The summed E-state index contributed by atoms with van der Waals surface area (Å²) in [5.74, 6) is 0. The number of aryl methyl sites for hydroxylation is 2. The summed E-state index contributed by atoms with van der Waals surface area (Å²) in [6, 6.07) is 41.1. The normalized spacial score (nSPS) is 20.3. The molecule has 0 spiro atoms. The fourth-order valence-electron chi connectivity index (χ4n) is 12.9. The first-order valence-electron chi connectivity index (χ1n) is 24.8. The first kappa shape index (κ1) is 42.8. The summed E-state index contributed by atoms with van der Waals surface area (Å²) < 4.78 is 0. The Labute approximate surface area is 395 Å². The van der Waals surface area contributed by atoms with Crippen LogP contribution in [0.1, 0.15) is 163 Å². The maximum absolute atomic E-state index is 2.74. The molecule has 0 unspecified atom stereocenters. The van der Waals surface area contributed by atoms with Crippen molar-refractivity contribution in [2.75, 3.05) is 4.90 Å². The zero-order valence-electron chi connectivity index (χ0n) is 41.3. The Hall–Kier alpha value is -4.79. The molecule has 0 atom stereocenters. The molecule has 5 aliphatic rings. The maximum Gasteiger partial charge on any atom is 0.0645 e. The molecule has 0 saturated carbocycles. The van der Waals surface area contributed by atoms with E-state index in [0.717, 1.165) is 0 Å². The summed E-state index contributed by atoms with van der Waals surface area (Å²) in [6.45, 7) is 29.6. The molecule has 1 nitrogen and oxygen atoms in total. The molecule has 65 heavy (non-hydrogen) atoms. The van der Waals surface area contributed by atoms with Crippen molar-refractivity contribution in [3.05, 3.63) is 164 Å². The molecule has 2 heteroatoms. The average Bonchev–Trinajstić information content (AvgIpc) is 3.50. The Balaban J connectivity index is 1.22. The van der Waals surface area contributed by atoms with Crippen LogP contribution < -0.4 is 4.90 Å². The van der Waals surface area contributed by atoms with Gasteiger partial charge in [-0.15, -0.1) is 0 Å². The molecule has 0 amide bonds. The molecule has 0 saturated heterocycles. The van der Waals surface area contributed by atoms with E-state index in [1.165, 1.54) is 151 Å². The number of anilines is 2. The van der Waals surface area contributed by atoms with E-state index >= 15 is 0 Å². The largest absolute Gasteiger partial charge is 0.308 e. The maximum atomic E-state index is 2.74. The highest BCUT2D eigenvalue weighted by molar-refractivity contribution is 8.03. The third kappa shape index (κ3) is 6.53. The lowest BCUT2D eigenvalue weighted by molar-refractivity contribution is 0.331. The highest BCUT2D eigenvalue weighted by Gasteiger charge is 2.48. The number of rotatable bonds is 4. The first-order valence-corrected chi connectivity index (χ1v) is 25.6. The van der Waals surface area contributed by atoms with Crippen LogP contribution in [0.5, 0.6) is 0 Å². The quantitative estimate of drug-likeness (QED) is 0.174. The van der Waals surface area contributed by atoms with Gasteiger partial charge in [0, 0.05) is 26.5 Å². The van der Waals surface area contributed by atoms with Gasteiger partial charge in [0.2, 0.25) is 0 Å². The second-order valence-corrected chi connectivity index (χ2v) is 24.8. The predicted molar refractivity (Wildman–Crippen MR) is 280 cm³/mol. The van der Waals surface area contributed by atoms with Crippen molar-refractivity contribution in [1.82, 2.24) is 0 Å². The number of hydrogen-bond donors (Lipinski definition) is 0. The lowest BCUT2D eigenvalue weighted by Gasteiger charge is -2.43. The summed E-state index contributed by atoms with van der Waals surface area (Å²) in [5.41, 5.74) is 27.1. The molecule has 332 valence electrons. The van der Waals surface area contributed by atoms with Gasteiger partial charge in [-0.1, -0.05) is 154 Å². The number of fused-ring (bicyclic) bond motifs is 6. The smallest absolute Gasteiger partial charge is 0.0645 e. The summed E-state index contributed by atoms with van der Waals surface area (Å²) in [5, 5.41) is 0. The third-order valence-electron chi connectivity index (χ3n) is 17.3. The summed E-state index contributed by atoms with van der Waals surface area (Å²) >= 11 is 2.06. The second kappa shape index (κ2) is 14.6. The fourth-order valence-corrected chi connectivity index (χ4v) is 14.3. The highest BCUT2D eigenvalue weighted by atomic mass is 32.2. The molecular weight excluding hydrogens is 803 g/mol. The first-order chi connectivity index (χ1) is 30.8. The third-order valence-corrected chi connectivity index (χ3v) is 18.8. The molecule has 1 aliphatic heterocycles. The summed E-state index contributed by atoms with van der Waals surface area (Å²) in [7, 11) is 0. The molecule has 0 radical (unpaired) electrons. The van der Waals surface area contributed by atoms with E-state index in [9.17, 15) is 0 Å². The van der Waals surface area contributed by atoms with E-state index in [1.807, 2.05) is 0 Å². The lowest BCUT2D eigenvalue weighted by atomic mass is 9.62. The Morgan fingerprint density at radius 1 is 0.492 bits per heavy atom. The van der Waals surface area contributed by atoms with Crippen LogP contribution in [0.2, 0.25) is 0 Å². The molecule has 4 aliphatic carbocycles. The Morgan fingerprint density at radius 2 is 1.12 bits per heavy atom. The fraction of sp³-hybridized carbons (Fsp3) is 0.397. The van der Waals surface area contributed by atoms with Crippen molar-refractivity contribution in [2.24, 2.45) is 0 Å². The molecule has 0 bridgehead atoms. The number of hydrogen-bond acceptors (Lipinski definition) is 2. The number of allylic oxidation sites excluding steroid dienone is 1. The number of nitrogens with zero attached hydrogens (tertiary/aromatic N) is 1. The van der Waals surface area contributed by atoms with Crippen LogP contribution in [0.15, 0.2) is 113 Å². The van der Waals surface area contributed by atoms with Crippen molar-refractivity contribution < 1.29 is 0 Å². The Morgan fingerprint density at radius 3 is 1.83 bits per heavy atom. The molecular formula is C63H69NS. The van der Waals surface area contributed by atoms with Gasteiger partial charge >= 0.3 is 0 Å². The molecule has 0 fully saturated rings. The molecule has 0 N–H and O–H groups in total. The SMILES string of the molecule is Cc1ccc2c(c1-c1cccc(-c3cc(-c4ccccc4)cc4c3SC3=C(c5cc6c(cc5C3(C)C)C(C)(C)CCC6(C)C)N4c3ccc4c(c3)C(C)(C)CCC4(C)C)c1C)CCCC2. The minimum Gasteiger partial charge on any atom is -0.308 e. The van der Waals surface area contributed by atoms with Crippen LogP contribution in [-0.2, 0) is 39.9 Å². The van der Waals surface area contributed by atoms with Crippen molar-refractivity contribution in [2.45, 2.75) is 166 Å². The van der Waals surface area contributed by atoms with Gasteiger partial charge in [0.1, 0.15) is 0 Å². The zero-order chi connectivity index (χ0) is 45.6. The van der Waals surface area contributed by atoms with Gasteiger partial charge in [0.25, 0.3) is 0 Å². The van der Waals surface area contributed by atoms with E-state index in [0.29, 0.717) is 0 Å². The van der Waals surface area contributed by atoms with Crippen LogP contribution in [0, 0.1) is 13.8 Å². The molecule has 0 aromatic heterocycles. The van der Waals surface area contributed by atoms with Crippen molar-refractivity contribution in [3.8, 4) is 33.4 Å². The van der Waals surface area contributed by atoms with Crippen LogP contribution >= 0.6 is 11.8 Å². The van der Waals surface area contributed by atoms with E-state index in [4.69, 9.17) is 0 Å². The topological polar surface area (TPSA) is 3.24 Å². The van der Waals surface area contributed by atoms with E-state index in [2.05, 4.69) is 203 Å². The van der Waals surface area contributed by atoms with Crippen molar-refractivity contribution >= 4 is 28.8 Å². The van der Waals surface area contributed by atoms with Gasteiger partial charge in [-0.2, -0.15) is 0 Å². The van der Waals surface area contributed by atoms with Crippen LogP contribution in [0.3, 0.4) is 0 Å². The van der Waals surface area contributed by atoms with E-state index in [-0.39, 0.29) is 27.1 Å². The van der Waals surface area contributed by atoms with Gasteiger partial charge in [-0.25, -0.2) is 0 Å². The van der Waals surface area contributed by atoms with Gasteiger partial charge in [-0.05, 0) is 201 Å². The standard InChI is InChI=1S/C63H69NS/c1-38-25-26-41-21-16-17-22-46(41)55(38)45-24-18-23-44(39(45)2)47-33-42(40-19-14-13-15-20-40)34-54-57(47)65-58-56(64(54)43-27-28-49-51(35-43)60(5,6)30-29-59(49,3)4)48-36-52-53(37-50(48)63(58,11)12)62(9,10)32-31-61(52,7)8/h13-15,18-20,23-28,33-37H,16-17,21-22,29-32H2,1-12H3. The lowest BCUT2D eigenvalue weighted by Crippen LogP contribution is -2.34. The number of thioether (sulfide) groups is 1. The molecule has 11 rings (SSSR count). The van der Waals surface area contributed by atoms with E-state index < -0.39 is 0 Å². The predicted octanol–water partition coefficient (Wildman–Crippen LogP) is 17.8. The van der Waals surface area contributed by atoms with Crippen LogP contribution in [-0.4, -0.2) is 0 Å². The van der Waals surface area contributed by atoms with Gasteiger partial charge in [-0.3, -0.25) is 0 Å². The molecule has 6 aromatic carbocycles. The van der Waals surface area contributed by atoms with Crippen molar-refractivity contribution in [1.29, 1.82) is 0 Å². The Kier molecular flexibility index (Phi) is 9.62.